The molecule has 0 fully saturated rings. The summed E-state index contributed by atoms with van der Waals surface area (Å²) < 4.78 is 15.6. The topological polar surface area (TPSA) is 102 Å². The average molecular weight is 352 g/mol. The molecule has 0 aliphatic rings. The predicted molar refractivity (Wildman–Crippen MR) is 86.9 cm³/mol. The fourth-order valence-electron chi connectivity index (χ4n) is 1.71. The molecule has 0 amide bonds. The van der Waals surface area contributed by atoms with E-state index in [-0.39, 0.29) is 25.2 Å². The van der Waals surface area contributed by atoms with Crippen LogP contribution >= 0.6 is 7.60 Å². The molecule has 0 aliphatic heterocycles. The monoisotopic (exact) mass is 352 g/mol. The largest absolute Gasteiger partial charge is 0.462 e. The second-order valence-electron chi connectivity index (χ2n) is 5.42. The van der Waals surface area contributed by atoms with Crippen molar-refractivity contribution in [2.75, 3.05) is 26.0 Å². The van der Waals surface area contributed by atoms with Gasteiger partial charge < -0.3 is 14.5 Å². The van der Waals surface area contributed by atoms with Gasteiger partial charge in [-0.3, -0.25) is 4.57 Å². The molecule has 0 rings (SSSR count). The van der Waals surface area contributed by atoms with Crippen LogP contribution in [0.2, 0.25) is 0 Å². The van der Waals surface area contributed by atoms with E-state index in [1.165, 1.54) is 0 Å². The molecule has 8 heteroatoms. The summed E-state index contributed by atoms with van der Waals surface area (Å²) >= 11 is 0. The number of carbonyl (C=O) groups is 1. The molecule has 2 N–H and O–H groups in total. The fraction of sp³-hybridized carbons (Fsp3) is 0.800. The lowest BCUT2D eigenvalue weighted by atomic mass is 10.1. The zero-order chi connectivity index (χ0) is 17.6. The number of rotatable bonds is 15. The number of hydrogen-bond acceptors (Lipinski definition) is 5. The Hall–Kier alpha value is -0.720. The van der Waals surface area contributed by atoms with E-state index >= 15 is 0 Å². The van der Waals surface area contributed by atoms with Crippen molar-refractivity contribution >= 4 is 13.6 Å². The van der Waals surface area contributed by atoms with Gasteiger partial charge in [-0.2, -0.15) is 0 Å². The molecule has 0 unspecified atom stereocenters. The highest BCUT2D eigenvalue weighted by Gasteiger charge is 2.11. The molecule has 0 saturated carbocycles. The molecule has 0 aliphatic carbocycles. The first kappa shape index (κ1) is 22.3. The molecule has 0 radical (unpaired) electrons. The molecular weight excluding hydrogens is 323 g/mol. The quantitative estimate of drug-likeness (QED) is 0.117. The molecule has 0 aromatic rings. The van der Waals surface area contributed by atoms with Crippen LogP contribution in [0.1, 0.15) is 51.9 Å². The fourth-order valence-corrected chi connectivity index (χ4v) is 2.25. The minimum absolute atomic E-state index is 0.183. The minimum Gasteiger partial charge on any atom is -0.462 e. The van der Waals surface area contributed by atoms with Gasteiger partial charge in [-0.25, -0.2) is 14.6 Å². The lowest BCUT2D eigenvalue weighted by Gasteiger charge is -2.06. The molecule has 136 valence electrons. The van der Waals surface area contributed by atoms with Crippen molar-refractivity contribution < 1.29 is 33.7 Å². The molecule has 0 saturated heterocycles. The van der Waals surface area contributed by atoms with E-state index in [0.29, 0.717) is 18.8 Å². The van der Waals surface area contributed by atoms with Gasteiger partial charge in [0, 0.05) is 5.57 Å². The van der Waals surface area contributed by atoms with Crippen LogP contribution in [0.5, 0.6) is 0 Å². The Balaban J connectivity index is 3.15. The summed E-state index contributed by atoms with van der Waals surface area (Å²) in [5.41, 5.74) is 0.425. The van der Waals surface area contributed by atoms with Crippen LogP contribution in [-0.2, 0) is 23.9 Å². The number of unbranched alkanes of at least 4 members (excludes halogenated alkanes) is 5. The van der Waals surface area contributed by atoms with Crippen LogP contribution in [0.25, 0.3) is 0 Å². The van der Waals surface area contributed by atoms with E-state index in [9.17, 15) is 9.36 Å². The third-order valence-electron chi connectivity index (χ3n) is 2.96. The van der Waals surface area contributed by atoms with Crippen molar-refractivity contribution in [2.45, 2.75) is 51.9 Å². The van der Waals surface area contributed by atoms with Crippen molar-refractivity contribution in [1.82, 2.24) is 0 Å². The van der Waals surface area contributed by atoms with Gasteiger partial charge in [0.25, 0.3) is 0 Å². The summed E-state index contributed by atoms with van der Waals surface area (Å²) in [5.74, 6) is -0.331. The maximum absolute atomic E-state index is 11.1. The summed E-state index contributed by atoms with van der Waals surface area (Å²) in [5, 5.41) is 0. The first-order valence-corrected chi connectivity index (χ1v) is 9.74. The molecule has 0 atom stereocenters. The van der Waals surface area contributed by atoms with Gasteiger partial charge in [-0.15, -0.1) is 0 Å². The third kappa shape index (κ3) is 17.5. The smallest absolute Gasteiger partial charge is 0.333 e. The summed E-state index contributed by atoms with van der Waals surface area (Å²) in [4.78, 5) is 38.1. The highest BCUT2D eigenvalue weighted by molar-refractivity contribution is 7.51. The molecule has 0 aromatic heterocycles. The second-order valence-corrected chi connectivity index (χ2v) is 7.20. The third-order valence-corrected chi connectivity index (χ3v) is 3.86. The van der Waals surface area contributed by atoms with Crippen molar-refractivity contribution in [3.05, 3.63) is 12.2 Å². The maximum Gasteiger partial charge on any atom is 0.333 e. The van der Waals surface area contributed by atoms with Crippen molar-refractivity contribution in [1.29, 1.82) is 0 Å². The van der Waals surface area contributed by atoms with Crippen molar-refractivity contribution in [2.24, 2.45) is 0 Å². The minimum atomic E-state index is -3.93. The zero-order valence-electron chi connectivity index (χ0n) is 13.9. The molecule has 0 heterocycles. The number of hydrogen-bond donors (Lipinski definition) is 2. The van der Waals surface area contributed by atoms with E-state index in [4.69, 9.17) is 24.3 Å². The van der Waals surface area contributed by atoms with E-state index < -0.39 is 7.60 Å². The molecular formula is C15H29O7P. The normalized spacial score (nSPS) is 11.4. The zero-order valence-corrected chi connectivity index (χ0v) is 14.8. The van der Waals surface area contributed by atoms with Crippen molar-refractivity contribution in [3.63, 3.8) is 0 Å². The van der Waals surface area contributed by atoms with Gasteiger partial charge in [0.05, 0.1) is 26.0 Å². The van der Waals surface area contributed by atoms with E-state index in [1.807, 2.05) is 0 Å². The predicted octanol–water partition coefficient (Wildman–Crippen LogP) is 2.96. The SMILES string of the molecule is C=C(C)C(=O)OCCCCCCCCOOCCCP(=O)(O)O. The summed E-state index contributed by atoms with van der Waals surface area (Å²) in [6.45, 7) is 6.25. The first-order chi connectivity index (χ1) is 10.8. The molecule has 0 spiro atoms. The molecule has 0 aromatic carbocycles. The number of esters is 1. The lowest BCUT2D eigenvalue weighted by molar-refractivity contribution is -0.294. The van der Waals surface area contributed by atoms with E-state index in [1.54, 1.807) is 6.92 Å². The van der Waals surface area contributed by atoms with E-state index in [2.05, 4.69) is 6.58 Å². The maximum atomic E-state index is 11.1. The van der Waals surface area contributed by atoms with Crippen LogP contribution in [0.3, 0.4) is 0 Å². The number of ether oxygens (including phenoxy) is 1. The Morgan fingerprint density at radius 3 is 1.91 bits per heavy atom. The first-order valence-electron chi connectivity index (χ1n) is 7.94. The Morgan fingerprint density at radius 2 is 1.39 bits per heavy atom. The molecule has 23 heavy (non-hydrogen) atoms. The van der Waals surface area contributed by atoms with Crippen LogP contribution in [0.4, 0.5) is 0 Å². The van der Waals surface area contributed by atoms with Crippen LogP contribution in [0.15, 0.2) is 12.2 Å². The highest BCUT2D eigenvalue weighted by atomic mass is 31.2. The Bertz CT molecular complexity index is 378. The number of carbonyl (C=O) groups excluding carboxylic acids is 1. The lowest BCUT2D eigenvalue weighted by Crippen LogP contribution is -2.06. The standard InChI is InChI=1S/C15H29O7P/c1-14(2)15(16)20-10-7-5-3-4-6-8-11-21-22-12-9-13-23(17,18)19/h1,3-13H2,2H3,(H2,17,18,19). The highest BCUT2D eigenvalue weighted by Crippen LogP contribution is 2.34. The van der Waals surface area contributed by atoms with Crippen LogP contribution < -0.4 is 0 Å². The second kappa shape index (κ2) is 13.7. The Labute approximate surface area is 138 Å². The summed E-state index contributed by atoms with van der Waals surface area (Å²) in [6.07, 6.45) is 6.03. The van der Waals surface area contributed by atoms with Gasteiger partial charge in [0.1, 0.15) is 0 Å². The Morgan fingerprint density at radius 1 is 0.913 bits per heavy atom. The van der Waals surface area contributed by atoms with Gasteiger partial charge in [-0.1, -0.05) is 32.3 Å². The summed E-state index contributed by atoms with van der Waals surface area (Å²) in [7, 11) is -3.93. The van der Waals surface area contributed by atoms with Crippen LogP contribution in [-0.4, -0.2) is 41.7 Å². The Kier molecular flexibility index (Phi) is 13.3. The van der Waals surface area contributed by atoms with Gasteiger partial charge in [0.2, 0.25) is 0 Å². The van der Waals surface area contributed by atoms with Gasteiger partial charge >= 0.3 is 13.6 Å². The molecule has 7 nitrogen and oxygen atoms in total. The van der Waals surface area contributed by atoms with Crippen LogP contribution in [0, 0.1) is 0 Å². The molecule has 0 bridgehead atoms. The van der Waals surface area contributed by atoms with Gasteiger partial charge in [-0.05, 0) is 26.2 Å². The van der Waals surface area contributed by atoms with Gasteiger partial charge in [0.15, 0.2) is 0 Å². The van der Waals surface area contributed by atoms with Crippen molar-refractivity contribution in [3.8, 4) is 0 Å². The average Bonchev–Trinajstić information content (AvgIpc) is 2.46. The summed E-state index contributed by atoms with van der Waals surface area (Å²) in [6, 6.07) is 0. The van der Waals surface area contributed by atoms with E-state index in [0.717, 1.165) is 38.5 Å².